The largest absolute Gasteiger partial charge is 0.496 e. The average Bonchev–Trinajstić information content (AvgIpc) is 3.11. The van der Waals surface area contributed by atoms with Gasteiger partial charge >= 0.3 is 0 Å². The van der Waals surface area contributed by atoms with Gasteiger partial charge in [-0.3, -0.25) is 0 Å². The van der Waals surface area contributed by atoms with Crippen LogP contribution in [0, 0.1) is 5.41 Å². The molecule has 1 aromatic carbocycles. The minimum Gasteiger partial charge on any atom is -0.496 e. The lowest BCUT2D eigenvalue weighted by molar-refractivity contribution is 0.346. The zero-order chi connectivity index (χ0) is 13.2. The summed E-state index contributed by atoms with van der Waals surface area (Å²) in [6.45, 7) is 5.47. The molecule has 0 spiro atoms. The number of hydrogen-bond acceptors (Lipinski definition) is 2. The summed E-state index contributed by atoms with van der Waals surface area (Å²) in [5.74, 6) is 0.953. The highest BCUT2D eigenvalue weighted by molar-refractivity contribution is 6.30. The van der Waals surface area contributed by atoms with E-state index in [0.29, 0.717) is 11.5 Å². The number of methoxy groups -OCH3 is 1. The van der Waals surface area contributed by atoms with E-state index < -0.39 is 0 Å². The van der Waals surface area contributed by atoms with Gasteiger partial charge in [-0.25, -0.2) is 0 Å². The van der Waals surface area contributed by atoms with Gasteiger partial charge in [0.25, 0.3) is 0 Å². The van der Waals surface area contributed by atoms with E-state index in [-0.39, 0.29) is 0 Å². The van der Waals surface area contributed by atoms with Crippen LogP contribution in [0.1, 0.15) is 32.3 Å². The number of ether oxygens (including phenoxy) is 1. The Labute approximate surface area is 115 Å². The highest BCUT2D eigenvalue weighted by Gasteiger charge is 2.47. The van der Waals surface area contributed by atoms with Gasteiger partial charge in [0.2, 0.25) is 0 Å². The van der Waals surface area contributed by atoms with Crippen molar-refractivity contribution in [2.24, 2.45) is 5.41 Å². The molecule has 0 bridgehead atoms. The standard InChI is InChI=1S/C15H22ClNO/c1-4-17-11(2)15(7-8-15)10-12-9-13(16)5-6-14(12)18-3/h5-6,9,11,17H,4,7-8,10H2,1-3H3. The van der Waals surface area contributed by atoms with Gasteiger partial charge in [0.05, 0.1) is 7.11 Å². The first kappa shape index (κ1) is 13.7. The van der Waals surface area contributed by atoms with Gasteiger partial charge in [-0.15, -0.1) is 0 Å². The van der Waals surface area contributed by atoms with Crippen molar-refractivity contribution in [2.45, 2.75) is 39.2 Å². The molecule has 3 heteroatoms. The Balaban J connectivity index is 2.16. The molecule has 1 N–H and O–H groups in total. The molecule has 100 valence electrons. The first-order valence-corrected chi connectivity index (χ1v) is 7.05. The van der Waals surface area contributed by atoms with Crippen LogP contribution in [0.5, 0.6) is 5.75 Å². The van der Waals surface area contributed by atoms with Gasteiger partial charge in [0.15, 0.2) is 0 Å². The molecule has 18 heavy (non-hydrogen) atoms. The molecular weight excluding hydrogens is 246 g/mol. The summed E-state index contributed by atoms with van der Waals surface area (Å²) in [5.41, 5.74) is 1.63. The zero-order valence-electron chi connectivity index (χ0n) is 11.4. The van der Waals surface area contributed by atoms with Crippen LogP contribution < -0.4 is 10.1 Å². The Hall–Kier alpha value is -0.730. The second kappa shape index (κ2) is 5.50. The highest BCUT2D eigenvalue weighted by atomic mass is 35.5. The molecule has 1 saturated carbocycles. The van der Waals surface area contributed by atoms with Crippen molar-refractivity contribution >= 4 is 11.6 Å². The number of benzene rings is 1. The predicted octanol–water partition coefficient (Wildman–Crippen LogP) is 3.67. The van der Waals surface area contributed by atoms with E-state index in [4.69, 9.17) is 16.3 Å². The van der Waals surface area contributed by atoms with E-state index in [1.165, 1.54) is 18.4 Å². The van der Waals surface area contributed by atoms with Gasteiger partial charge in [-0.2, -0.15) is 0 Å². The molecule has 0 saturated heterocycles. The maximum atomic E-state index is 6.09. The molecular formula is C15H22ClNO. The number of hydrogen-bond donors (Lipinski definition) is 1. The van der Waals surface area contributed by atoms with Crippen LogP contribution >= 0.6 is 11.6 Å². The summed E-state index contributed by atoms with van der Waals surface area (Å²) in [6, 6.07) is 6.44. The van der Waals surface area contributed by atoms with Crippen LogP contribution in [0.15, 0.2) is 18.2 Å². The van der Waals surface area contributed by atoms with Crippen LogP contribution in [-0.4, -0.2) is 19.7 Å². The molecule has 1 aromatic rings. The highest BCUT2D eigenvalue weighted by Crippen LogP contribution is 2.52. The summed E-state index contributed by atoms with van der Waals surface area (Å²) in [5, 5.41) is 4.34. The SMILES string of the molecule is CCNC(C)C1(Cc2cc(Cl)ccc2OC)CC1. The van der Waals surface area contributed by atoms with Crippen LogP contribution in [-0.2, 0) is 6.42 Å². The van der Waals surface area contributed by atoms with Crippen molar-refractivity contribution in [3.8, 4) is 5.75 Å². The summed E-state index contributed by atoms with van der Waals surface area (Å²) >= 11 is 6.09. The van der Waals surface area contributed by atoms with E-state index in [9.17, 15) is 0 Å². The van der Waals surface area contributed by atoms with E-state index in [0.717, 1.165) is 23.7 Å². The number of nitrogens with one attached hydrogen (secondary N) is 1. The molecule has 0 amide bonds. The first-order chi connectivity index (χ1) is 8.61. The Bertz CT molecular complexity index is 415. The Morgan fingerprint density at radius 2 is 2.17 bits per heavy atom. The molecule has 1 fully saturated rings. The molecule has 0 aromatic heterocycles. The fraction of sp³-hybridized carbons (Fsp3) is 0.600. The third kappa shape index (κ3) is 2.81. The lowest BCUT2D eigenvalue weighted by atomic mass is 9.89. The van der Waals surface area contributed by atoms with Gasteiger partial charge in [0.1, 0.15) is 5.75 Å². The Kier molecular flexibility index (Phi) is 4.18. The summed E-state index contributed by atoms with van der Waals surface area (Å²) < 4.78 is 5.43. The second-order valence-electron chi connectivity index (χ2n) is 5.27. The van der Waals surface area contributed by atoms with Crippen molar-refractivity contribution in [2.75, 3.05) is 13.7 Å². The van der Waals surface area contributed by atoms with Gasteiger partial charge in [-0.1, -0.05) is 18.5 Å². The predicted molar refractivity (Wildman–Crippen MR) is 76.5 cm³/mol. The first-order valence-electron chi connectivity index (χ1n) is 6.67. The summed E-state index contributed by atoms with van der Waals surface area (Å²) in [7, 11) is 1.72. The van der Waals surface area contributed by atoms with Gasteiger partial charge < -0.3 is 10.1 Å². The molecule has 0 heterocycles. The molecule has 0 aliphatic heterocycles. The molecule has 1 aliphatic rings. The minimum atomic E-state index is 0.397. The normalized spacial score (nSPS) is 18.4. The van der Waals surface area contributed by atoms with Crippen LogP contribution in [0.3, 0.4) is 0 Å². The van der Waals surface area contributed by atoms with E-state index >= 15 is 0 Å². The van der Waals surface area contributed by atoms with Crippen molar-refractivity contribution in [3.05, 3.63) is 28.8 Å². The monoisotopic (exact) mass is 267 g/mol. The molecule has 1 aliphatic carbocycles. The topological polar surface area (TPSA) is 21.3 Å². The van der Waals surface area contributed by atoms with E-state index in [1.54, 1.807) is 7.11 Å². The fourth-order valence-corrected chi connectivity index (χ4v) is 2.91. The quantitative estimate of drug-likeness (QED) is 0.849. The second-order valence-corrected chi connectivity index (χ2v) is 5.71. The van der Waals surface area contributed by atoms with Crippen LogP contribution in [0.2, 0.25) is 5.02 Å². The van der Waals surface area contributed by atoms with Gasteiger partial charge in [-0.05, 0) is 61.9 Å². The molecule has 0 radical (unpaired) electrons. The van der Waals surface area contributed by atoms with E-state index in [1.807, 2.05) is 18.2 Å². The Morgan fingerprint density at radius 3 is 2.72 bits per heavy atom. The zero-order valence-corrected chi connectivity index (χ0v) is 12.2. The lowest BCUT2D eigenvalue weighted by Crippen LogP contribution is -2.36. The molecule has 2 nitrogen and oxygen atoms in total. The van der Waals surface area contributed by atoms with Gasteiger partial charge in [0, 0.05) is 11.1 Å². The minimum absolute atomic E-state index is 0.397. The number of halogens is 1. The smallest absolute Gasteiger partial charge is 0.122 e. The Morgan fingerprint density at radius 1 is 1.44 bits per heavy atom. The average molecular weight is 268 g/mol. The maximum Gasteiger partial charge on any atom is 0.122 e. The van der Waals surface area contributed by atoms with E-state index in [2.05, 4.69) is 19.2 Å². The fourth-order valence-electron chi connectivity index (χ4n) is 2.71. The molecule has 1 atom stereocenters. The van der Waals surface area contributed by atoms with Crippen molar-refractivity contribution in [1.82, 2.24) is 5.32 Å². The molecule has 2 rings (SSSR count). The van der Waals surface area contributed by atoms with Crippen LogP contribution in [0.25, 0.3) is 0 Å². The maximum absolute atomic E-state index is 6.09. The van der Waals surface area contributed by atoms with Crippen molar-refractivity contribution < 1.29 is 4.74 Å². The third-order valence-corrected chi connectivity index (χ3v) is 4.34. The van der Waals surface area contributed by atoms with Crippen molar-refractivity contribution in [3.63, 3.8) is 0 Å². The molecule has 1 unspecified atom stereocenters. The summed E-state index contributed by atoms with van der Waals surface area (Å²) in [4.78, 5) is 0. The van der Waals surface area contributed by atoms with Crippen molar-refractivity contribution in [1.29, 1.82) is 0 Å². The lowest BCUT2D eigenvalue weighted by Gasteiger charge is -2.25. The third-order valence-electron chi connectivity index (χ3n) is 4.11. The summed E-state index contributed by atoms with van der Waals surface area (Å²) in [6.07, 6.45) is 3.62. The number of rotatable bonds is 6. The van der Waals surface area contributed by atoms with Crippen LogP contribution in [0.4, 0.5) is 0 Å².